The average molecular weight is 319 g/mol. The Morgan fingerprint density at radius 1 is 1.30 bits per heavy atom. The van der Waals surface area contributed by atoms with Gasteiger partial charge in [-0.15, -0.1) is 0 Å². The molecule has 0 radical (unpaired) electrons. The highest BCUT2D eigenvalue weighted by Gasteiger charge is 2.05. The molecule has 1 aromatic rings. The summed E-state index contributed by atoms with van der Waals surface area (Å²) >= 11 is 5.69. The molecule has 0 saturated carbocycles. The van der Waals surface area contributed by atoms with E-state index >= 15 is 0 Å². The number of hydrogen-bond acceptors (Lipinski definition) is 3. The van der Waals surface area contributed by atoms with E-state index in [0.717, 1.165) is 25.2 Å². The molecule has 7 heteroatoms. The number of nitrogens with one attached hydrogen (secondary N) is 2. The van der Waals surface area contributed by atoms with E-state index in [9.17, 15) is 8.78 Å². The number of benzene rings is 1. The largest absolute Gasteiger partial charge is 0.362 e. The number of anilines is 1. The summed E-state index contributed by atoms with van der Waals surface area (Å²) in [7, 11) is 4.05. The van der Waals surface area contributed by atoms with Gasteiger partial charge in [-0.1, -0.05) is 11.8 Å². The molecule has 0 unspecified atom stereocenters. The Morgan fingerprint density at radius 2 is 1.95 bits per heavy atom. The molecule has 112 valence electrons. The molecule has 1 rings (SSSR count). The van der Waals surface area contributed by atoms with Crippen LogP contribution in [0.1, 0.15) is 6.42 Å². The van der Waals surface area contributed by atoms with Crippen LogP contribution in [-0.2, 0) is 0 Å². The Kier molecular flexibility index (Phi) is 7.79. The summed E-state index contributed by atoms with van der Waals surface area (Å²) in [5.41, 5.74) is 0.786. The SMILES string of the molecule is CN(C)CCCNC(=S)Nc1ccc(SC(F)F)cc1. The maximum absolute atomic E-state index is 12.2. The van der Waals surface area contributed by atoms with Gasteiger partial charge in [0.1, 0.15) is 0 Å². The molecule has 20 heavy (non-hydrogen) atoms. The summed E-state index contributed by atoms with van der Waals surface area (Å²) in [4.78, 5) is 2.65. The molecule has 3 nitrogen and oxygen atoms in total. The van der Waals surface area contributed by atoms with E-state index in [1.807, 2.05) is 14.1 Å². The highest BCUT2D eigenvalue weighted by molar-refractivity contribution is 7.99. The molecule has 0 aliphatic heterocycles. The van der Waals surface area contributed by atoms with E-state index in [1.165, 1.54) is 0 Å². The molecule has 0 spiro atoms. The second kappa shape index (κ2) is 9.10. The van der Waals surface area contributed by atoms with Gasteiger partial charge in [0.2, 0.25) is 0 Å². The zero-order valence-corrected chi connectivity index (χ0v) is 13.2. The molecule has 0 aliphatic rings. The number of thioether (sulfide) groups is 1. The van der Waals surface area contributed by atoms with Gasteiger partial charge in [0.15, 0.2) is 5.11 Å². The lowest BCUT2D eigenvalue weighted by Crippen LogP contribution is -2.30. The van der Waals surface area contributed by atoms with Crippen molar-refractivity contribution in [1.82, 2.24) is 10.2 Å². The topological polar surface area (TPSA) is 27.3 Å². The van der Waals surface area contributed by atoms with E-state index in [0.29, 0.717) is 21.8 Å². The van der Waals surface area contributed by atoms with Crippen LogP contribution in [0.15, 0.2) is 29.2 Å². The minimum atomic E-state index is -2.40. The molecule has 0 aromatic heterocycles. The first-order valence-corrected chi connectivity index (χ1v) is 7.50. The third-order valence-corrected chi connectivity index (χ3v) is 3.37. The van der Waals surface area contributed by atoms with E-state index in [1.54, 1.807) is 24.3 Å². The fraction of sp³-hybridized carbons (Fsp3) is 0.462. The van der Waals surface area contributed by atoms with E-state index in [2.05, 4.69) is 15.5 Å². The predicted octanol–water partition coefficient (Wildman–Crippen LogP) is 3.24. The van der Waals surface area contributed by atoms with Crippen LogP contribution in [-0.4, -0.2) is 43.0 Å². The highest BCUT2D eigenvalue weighted by atomic mass is 32.2. The van der Waals surface area contributed by atoms with Crippen LogP contribution in [0.25, 0.3) is 0 Å². The van der Waals surface area contributed by atoms with Gasteiger partial charge < -0.3 is 15.5 Å². The van der Waals surface area contributed by atoms with Gasteiger partial charge in [0.25, 0.3) is 5.76 Å². The molecule has 0 heterocycles. The molecule has 0 aliphatic carbocycles. The molecule has 0 saturated heterocycles. The second-order valence-corrected chi connectivity index (χ2v) is 5.91. The van der Waals surface area contributed by atoms with E-state index in [4.69, 9.17) is 12.2 Å². The standard InChI is InChI=1S/C13H19F2N3S2/c1-18(2)9-3-8-16-13(19)17-10-4-6-11(7-5-10)20-12(14)15/h4-7,12H,3,8-9H2,1-2H3,(H2,16,17,19). The molecule has 1 aromatic carbocycles. The summed E-state index contributed by atoms with van der Waals surface area (Å²) in [5.74, 6) is -2.40. The van der Waals surface area contributed by atoms with Crippen LogP contribution in [0.5, 0.6) is 0 Å². The molecule has 0 amide bonds. The Balaban J connectivity index is 2.31. The van der Waals surface area contributed by atoms with Crippen LogP contribution >= 0.6 is 24.0 Å². The van der Waals surface area contributed by atoms with Crippen molar-refractivity contribution < 1.29 is 8.78 Å². The zero-order valence-electron chi connectivity index (χ0n) is 11.5. The van der Waals surface area contributed by atoms with Crippen LogP contribution in [0.2, 0.25) is 0 Å². The minimum absolute atomic E-state index is 0.531. The van der Waals surface area contributed by atoms with Crippen molar-refractivity contribution in [2.45, 2.75) is 17.1 Å². The van der Waals surface area contributed by atoms with Gasteiger partial charge in [-0.05, 0) is 63.5 Å². The number of halogens is 2. The normalized spacial score (nSPS) is 10.9. The second-order valence-electron chi connectivity index (χ2n) is 4.44. The van der Waals surface area contributed by atoms with Gasteiger partial charge in [-0.25, -0.2) is 0 Å². The summed E-state index contributed by atoms with van der Waals surface area (Å²) in [5, 5.41) is 6.66. The molecule has 0 bridgehead atoms. The van der Waals surface area contributed by atoms with Crippen molar-refractivity contribution in [2.75, 3.05) is 32.5 Å². The lowest BCUT2D eigenvalue weighted by Gasteiger charge is -2.12. The van der Waals surface area contributed by atoms with Crippen LogP contribution in [0.4, 0.5) is 14.5 Å². The fourth-order valence-electron chi connectivity index (χ4n) is 1.49. The highest BCUT2D eigenvalue weighted by Crippen LogP contribution is 2.26. The first kappa shape index (κ1) is 17.1. The summed E-state index contributed by atoms with van der Waals surface area (Å²) < 4.78 is 24.3. The lowest BCUT2D eigenvalue weighted by molar-refractivity contribution is 0.252. The van der Waals surface area contributed by atoms with Crippen molar-refractivity contribution in [3.8, 4) is 0 Å². The Bertz CT molecular complexity index is 411. The zero-order chi connectivity index (χ0) is 15.0. The molecule has 2 N–H and O–H groups in total. The number of hydrogen-bond donors (Lipinski definition) is 2. The van der Waals surface area contributed by atoms with Gasteiger partial charge in [-0.2, -0.15) is 8.78 Å². The van der Waals surface area contributed by atoms with Crippen molar-refractivity contribution in [3.63, 3.8) is 0 Å². The van der Waals surface area contributed by atoms with Crippen LogP contribution in [0.3, 0.4) is 0 Å². The quantitative estimate of drug-likeness (QED) is 0.457. The number of rotatable bonds is 7. The van der Waals surface area contributed by atoms with Crippen molar-refractivity contribution in [2.24, 2.45) is 0 Å². The first-order valence-electron chi connectivity index (χ1n) is 6.22. The van der Waals surface area contributed by atoms with Crippen molar-refractivity contribution in [3.05, 3.63) is 24.3 Å². The Morgan fingerprint density at radius 3 is 2.50 bits per heavy atom. The van der Waals surface area contributed by atoms with Gasteiger partial charge in [0, 0.05) is 17.1 Å². The van der Waals surface area contributed by atoms with Crippen molar-refractivity contribution in [1.29, 1.82) is 0 Å². The Labute approximate surface area is 128 Å². The maximum Gasteiger partial charge on any atom is 0.288 e. The average Bonchev–Trinajstić information content (AvgIpc) is 2.36. The van der Waals surface area contributed by atoms with Gasteiger partial charge in [-0.3, -0.25) is 0 Å². The monoisotopic (exact) mass is 319 g/mol. The van der Waals surface area contributed by atoms with E-state index in [-0.39, 0.29) is 0 Å². The summed E-state index contributed by atoms with van der Waals surface area (Å²) in [6, 6.07) is 6.76. The number of alkyl halides is 2. The fourth-order valence-corrected chi connectivity index (χ4v) is 2.21. The molecule has 0 atom stereocenters. The van der Waals surface area contributed by atoms with Crippen LogP contribution < -0.4 is 10.6 Å². The van der Waals surface area contributed by atoms with Crippen LogP contribution in [0, 0.1) is 0 Å². The maximum atomic E-state index is 12.2. The first-order chi connectivity index (χ1) is 9.47. The smallest absolute Gasteiger partial charge is 0.288 e. The molecular formula is C13H19F2N3S2. The van der Waals surface area contributed by atoms with E-state index < -0.39 is 5.76 Å². The minimum Gasteiger partial charge on any atom is -0.362 e. The van der Waals surface area contributed by atoms with Gasteiger partial charge >= 0.3 is 0 Å². The molecular weight excluding hydrogens is 300 g/mol. The summed E-state index contributed by atoms with van der Waals surface area (Å²) in [6.45, 7) is 1.79. The number of nitrogens with zero attached hydrogens (tertiary/aromatic N) is 1. The Hall–Kier alpha value is -0.920. The lowest BCUT2D eigenvalue weighted by atomic mass is 10.3. The number of thiocarbonyl (C=S) groups is 1. The third-order valence-electron chi connectivity index (χ3n) is 2.41. The third kappa shape index (κ3) is 7.62. The summed E-state index contributed by atoms with van der Waals surface area (Å²) in [6.07, 6.45) is 0.999. The molecule has 0 fully saturated rings. The predicted molar refractivity (Wildman–Crippen MR) is 85.7 cm³/mol. The van der Waals surface area contributed by atoms with Crippen molar-refractivity contribution >= 4 is 34.8 Å². The van der Waals surface area contributed by atoms with Gasteiger partial charge in [0.05, 0.1) is 0 Å².